The first-order chi connectivity index (χ1) is 9.88. The van der Waals surface area contributed by atoms with Gasteiger partial charge in [-0.05, 0) is 31.5 Å². The van der Waals surface area contributed by atoms with Crippen LogP contribution in [0.1, 0.15) is 12.8 Å². The third kappa shape index (κ3) is 5.49. The molecular weight excluding hydrogens is 252 g/mol. The van der Waals surface area contributed by atoms with Gasteiger partial charge < -0.3 is 14.8 Å². The van der Waals surface area contributed by atoms with Crippen molar-refractivity contribution in [2.75, 3.05) is 46.5 Å². The molecule has 1 saturated heterocycles. The minimum absolute atomic E-state index is 0.628. The van der Waals surface area contributed by atoms with Gasteiger partial charge in [-0.3, -0.25) is 4.90 Å². The molecule has 20 heavy (non-hydrogen) atoms. The van der Waals surface area contributed by atoms with Gasteiger partial charge in [-0.2, -0.15) is 0 Å². The van der Waals surface area contributed by atoms with Crippen molar-refractivity contribution in [3.05, 3.63) is 30.3 Å². The monoisotopic (exact) mass is 278 g/mol. The van der Waals surface area contributed by atoms with Crippen LogP contribution < -0.4 is 10.1 Å². The van der Waals surface area contributed by atoms with Gasteiger partial charge in [-0.15, -0.1) is 0 Å². The van der Waals surface area contributed by atoms with E-state index in [2.05, 4.69) is 10.2 Å². The van der Waals surface area contributed by atoms with E-state index in [4.69, 9.17) is 9.47 Å². The topological polar surface area (TPSA) is 33.7 Å². The quantitative estimate of drug-likeness (QED) is 0.746. The third-order valence-electron chi connectivity index (χ3n) is 3.67. The van der Waals surface area contributed by atoms with Gasteiger partial charge in [0.1, 0.15) is 12.4 Å². The predicted molar refractivity (Wildman–Crippen MR) is 81.3 cm³/mol. The molecule has 1 aromatic rings. The lowest BCUT2D eigenvalue weighted by Gasteiger charge is -2.25. The maximum atomic E-state index is 5.78. The number of hydrogen-bond acceptors (Lipinski definition) is 4. The van der Waals surface area contributed by atoms with Crippen LogP contribution in [0.2, 0.25) is 0 Å². The summed E-state index contributed by atoms with van der Waals surface area (Å²) >= 11 is 0. The van der Waals surface area contributed by atoms with E-state index < -0.39 is 0 Å². The molecule has 1 fully saturated rings. The Balaban J connectivity index is 1.71. The molecular formula is C16H26N2O2. The first-order valence-corrected chi connectivity index (χ1v) is 7.51. The van der Waals surface area contributed by atoms with Gasteiger partial charge in [-0.1, -0.05) is 18.2 Å². The fraction of sp³-hybridized carbons (Fsp3) is 0.625. The summed E-state index contributed by atoms with van der Waals surface area (Å²) in [6.45, 7) is 5.65. The Morgan fingerprint density at radius 1 is 1.20 bits per heavy atom. The summed E-state index contributed by atoms with van der Waals surface area (Å²) in [4.78, 5) is 2.43. The summed E-state index contributed by atoms with van der Waals surface area (Å²) in [5, 5.41) is 3.55. The van der Waals surface area contributed by atoms with Crippen molar-refractivity contribution in [1.82, 2.24) is 10.2 Å². The minimum atomic E-state index is 0.628. The fourth-order valence-electron chi connectivity index (χ4n) is 2.55. The normalized spacial score (nSPS) is 18.6. The van der Waals surface area contributed by atoms with E-state index in [0.29, 0.717) is 6.04 Å². The Morgan fingerprint density at radius 3 is 2.70 bits per heavy atom. The summed E-state index contributed by atoms with van der Waals surface area (Å²) in [7, 11) is 1.76. The van der Waals surface area contributed by atoms with Crippen molar-refractivity contribution in [3.8, 4) is 5.75 Å². The van der Waals surface area contributed by atoms with Crippen molar-refractivity contribution in [2.24, 2.45) is 0 Å². The molecule has 1 aliphatic rings. The molecule has 0 saturated carbocycles. The number of rotatable bonds is 9. The molecule has 112 valence electrons. The molecule has 1 aromatic carbocycles. The lowest BCUT2D eigenvalue weighted by Crippen LogP contribution is -2.41. The smallest absolute Gasteiger partial charge is 0.119 e. The first kappa shape index (κ1) is 15.3. The van der Waals surface area contributed by atoms with Crippen LogP contribution in [-0.2, 0) is 4.74 Å². The highest BCUT2D eigenvalue weighted by atomic mass is 16.5. The molecule has 0 bridgehead atoms. The molecule has 1 heterocycles. The Labute approximate surface area is 122 Å². The van der Waals surface area contributed by atoms with E-state index in [-0.39, 0.29) is 0 Å². The van der Waals surface area contributed by atoms with Crippen molar-refractivity contribution in [2.45, 2.75) is 18.9 Å². The molecule has 2 rings (SSSR count). The molecule has 1 atom stereocenters. The van der Waals surface area contributed by atoms with E-state index in [1.165, 1.54) is 12.8 Å². The summed E-state index contributed by atoms with van der Waals surface area (Å²) in [6, 6.07) is 10.6. The Morgan fingerprint density at radius 2 is 2.00 bits per heavy atom. The molecule has 0 aromatic heterocycles. The van der Waals surface area contributed by atoms with Crippen molar-refractivity contribution in [3.63, 3.8) is 0 Å². The molecule has 1 unspecified atom stereocenters. The maximum absolute atomic E-state index is 5.78. The van der Waals surface area contributed by atoms with Gasteiger partial charge in [0.2, 0.25) is 0 Å². The van der Waals surface area contributed by atoms with Gasteiger partial charge in [0.05, 0.1) is 6.61 Å². The lowest BCUT2D eigenvalue weighted by atomic mass is 10.2. The van der Waals surface area contributed by atoms with E-state index in [1.807, 2.05) is 30.3 Å². The molecule has 4 heteroatoms. The van der Waals surface area contributed by atoms with E-state index in [0.717, 1.165) is 45.1 Å². The zero-order valence-electron chi connectivity index (χ0n) is 12.4. The Hall–Kier alpha value is -1.10. The second-order valence-electron chi connectivity index (χ2n) is 5.25. The maximum Gasteiger partial charge on any atom is 0.119 e. The molecule has 0 amide bonds. The SMILES string of the molecule is COCCN(CCOc1ccccc1)CC1CCCN1. The number of ether oxygens (including phenoxy) is 2. The Kier molecular flexibility index (Phi) is 6.84. The van der Waals surface area contributed by atoms with Gasteiger partial charge in [0.25, 0.3) is 0 Å². The summed E-state index contributed by atoms with van der Waals surface area (Å²) in [5.74, 6) is 0.943. The zero-order valence-corrected chi connectivity index (χ0v) is 12.4. The van der Waals surface area contributed by atoms with Gasteiger partial charge in [0.15, 0.2) is 0 Å². The van der Waals surface area contributed by atoms with Crippen LogP contribution in [0, 0.1) is 0 Å². The predicted octanol–water partition coefficient (Wildman–Crippen LogP) is 1.77. The molecule has 1 N–H and O–H groups in total. The number of benzene rings is 1. The number of hydrogen-bond donors (Lipinski definition) is 1. The average molecular weight is 278 g/mol. The zero-order chi connectivity index (χ0) is 14.0. The average Bonchev–Trinajstić information content (AvgIpc) is 2.98. The highest BCUT2D eigenvalue weighted by molar-refractivity contribution is 5.20. The van der Waals surface area contributed by atoms with Crippen molar-refractivity contribution >= 4 is 0 Å². The van der Waals surface area contributed by atoms with Crippen LogP contribution in [0.4, 0.5) is 0 Å². The second kappa shape index (κ2) is 8.95. The fourth-order valence-corrected chi connectivity index (χ4v) is 2.55. The van der Waals surface area contributed by atoms with E-state index >= 15 is 0 Å². The summed E-state index contributed by atoms with van der Waals surface area (Å²) in [6.07, 6.45) is 2.58. The summed E-state index contributed by atoms with van der Waals surface area (Å²) < 4.78 is 11.0. The molecule has 1 aliphatic heterocycles. The Bertz CT molecular complexity index is 353. The van der Waals surface area contributed by atoms with E-state index in [9.17, 15) is 0 Å². The van der Waals surface area contributed by atoms with Crippen LogP contribution >= 0.6 is 0 Å². The highest BCUT2D eigenvalue weighted by Crippen LogP contribution is 2.09. The second-order valence-corrected chi connectivity index (χ2v) is 5.25. The van der Waals surface area contributed by atoms with Crippen molar-refractivity contribution < 1.29 is 9.47 Å². The van der Waals surface area contributed by atoms with Gasteiger partial charge in [0, 0.05) is 32.8 Å². The van der Waals surface area contributed by atoms with Gasteiger partial charge in [-0.25, -0.2) is 0 Å². The van der Waals surface area contributed by atoms with Crippen LogP contribution in [-0.4, -0.2) is 57.4 Å². The first-order valence-electron chi connectivity index (χ1n) is 7.51. The third-order valence-corrected chi connectivity index (χ3v) is 3.67. The number of nitrogens with one attached hydrogen (secondary N) is 1. The largest absolute Gasteiger partial charge is 0.492 e. The van der Waals surface area contributed by atoms with Crippen LogP contribution in [0.5, 0.6) is 5.75 Å². The number of methoxy groups -OCH3 is 1. The standard InChI is InChI=1S/C16H26N2O2/c1-19-12-10-18(14-15-6-5-9-17-15)11-13-20-16-7-3-2-4-8-16/h2-4,7-8,15,17H,5-6,9-14H2,1H3. The van der Waals surface area contributed by atoms with Crippen LogP contribution in [0.3, 0.4) is 0 Å². The molecule has 0 aliphatic carbocycles. The number of para-hydroxylation sites is 1. The molecule has 0 radical (unpaired) electrons. The summed E-state index contributed by atoms with van der Waals surface area (Å²) in [5.41, 5.74) is 0. The van der Waals surface area contributed by atoms with E-state index in [1.54, 1.807) is 7.11 Å². The molecule has 0 spiro atoms. The molecule has 4 nitrogen and oxygen atoms in total. The minimum Gasteiger partial charge on any atom is -0.492 e. The van der Waals surface area contributed by atoms with Gasteiger partial charge >= 0.3 is 0 Å². The van der Waals surface area contributed by atoms with Crippen LogP contribution in [0.15, 0.2) is 30.3 Å². The number of nitrogens with zero attached hydrogens (tertiary/aromatic N) is 1. The highest BCUT2D eigenvalue weighted by Gasteiger charge is 2.17. The van der Waals surface area contributed by atoms with Crippen molar-refractivity contribution in [1.29, 1.82) is 0 Å². The van der Waals surface area contributed by atoms with Crippen LogP contribution in [0.25, 0.3) is 0 Å². The lowest BCUT2D eigenvalue weighted by molar-refractivity contribution is 0.129.